The second kappa shape index (κ2) is 5.13. The molecule has 2 rings (SSSR count). The van der Waals surface area contributed by atoms with Crippen molar-refractivity contribution >= 4 is 15.9 Å². The van der Waals surface area contributed by atoms with Gasteiger partial charge in [0.15, 0.2) is 0 Å². The maximum absolute atomic E-state index is 6.12. The van der Waals surface area contributed by atoms with Crippen molar-refractivity contribution in [1.29, 1.82) is 0 Å². The molecule has 1 fully saturated rings. The van der Waals surface area contributed by atoms with Gasteiger partial charge < -0.3 is 5.73 Å². The summed E-state index contributed by atoms with van der Waals surface area (Å²) in [6, 6.07) is 8.78. The molecule has 1 saturated carbocycles. The molecule has 0 aliphatic heterocycles. The summed E-state index contributed by atoms with van der Waals surface area (Å²) in [5.74, 6) is 0.999. The Labute approximate surface area is 100 Å². The van der Waals surface area contributed by atoms with E-state index < -0.39 is 0 Å². The molecule has 0 saturated heterocycles. The summed E-state index contributed by atoms with van der Waals surface area (Å²) in [4.78, 5) is 0. The van der Waals surface area contributed by atoms with E-state index in [2.05, 4.69) is 40.2 Å². The lowest BCUT2D eigenvalue weighted by molar-refractivity contribution is 0.551. The average Bonchev–Trinajstić information content (AvgIpc) is 2.98. The summed E-state index contributed by atoms with van der Waals surface area (Å²) in [5.41, 5.74) is 7.46. The molecule has 15 heavy (non-hydrogen) atoms. The normalized spacial score (nSPS) is 17.7. The van der Waals surface area contributed by atoms with Crippen LogP contribution in [0.1, 0.15) is 31.2 Å². The highest BCUT2D eigenvalue weighted by molar-refractivity contribution is 9.10. The molecule has 2 N–H and O–H groups in total. The van der Waals surface area contributed by atoms with Crippen molar-refractivity contribution in [3.8, 4) is 0 Å². The zero-order chi connectivity index (χ0) is 10.7. The third kappa shape index (κ3) is 3.96. The van der Waals surface area contributed by atoms with E-state index in [1.807, 2.05) is 0 Å². The third-order valence-electron chi connectivity index (χ3n) is 3.03. The molecular formula is C13H18BrN. The van der Waals surface area contributed by atoms with Crippen molar-refractivity contribution in [1.82, 2.24) is 0 Å². The summed E-state index contributed by atoms with van der Waals surface area (Å²) < 4.78 is 1.15. The van der Waals surface area contributed by atoms with E-state index in [4.69, 9.17) is 5.73 Å². The number of hydrogen-bond donors (Lipinski definition) is 1. The molecular weight excluding hydrogens is 250 g/mol. The van der Waals surface area contributed by atoms with Crippen molar-refractivity contribution in [3.05, 3.63) is 34.3 Å². The summed E-state index contributed by atoms with van der Waals surface area (Å²) >= 11 is 3.48. The molecule has 0 radical (unpaired) electrons. The van der Waals surface area contributed by atoms with E-state index in [0.717, 1.165) is 16.8 Å². The maximum Gasteiger partial charge on any atom is 0.0178 e. The molecule has 1 atom stereocenters. The Balaban J connectivity index is 1.79. The topological polar surface area (TPSA) is 26.0 Å². The average molecular weight is 268 g/mol. The Morgan fingerprint density at radius 3 is 2.87 bits per heavy atom. The quantitative estimate of drug-likeness (QED) is 0.868. The summed E-state index contributed by atoms with van der Waals surface area (Å²) in [6.07, 6.45) is 6.38. The zero-order valence-electron chi connectivity index (χ0n) is 8.95. The predicted molar refractivity (Wildman–Crippen MR) is 67.8 cm³/mol. The Hall–Kier alpha value is -0.340. The third-order valence-corrected chi connectivity index (χ3v) is 3.52. The smallest absolute Gasteiger partial charge is 0.0178 e. The van der Waals surface area contributed by atoms with Gasteiger partial charge in [0.25, 0.3) is 0 Å². The van der Waals surface area contributed by atoms with Crippen molar-refractivity contribution in [3.63, 3.8) is 0 Å². The van der Waals surface area contributed by atoms with Crippen LogP contribution in [0.3, 0.4) is 0 Å². The second-order valence-corrected chi connectivity index (χ2v) is 5.53. The van der Waals surface area contributed by atoms with Gasteiger partial charge in [-0.15, -0.1) is 0 Å². The first-order chi connectivity index (χ1) is 7.24. The van der Waals surface area contributed by atoms with Gasteiger partial charge in [-0.05, 0) is 42.9 Å². The maximum atomic E-state index is 6.12. The van der Waals surface area contributed by atoms with Gasteiger partial charge in [0.2, 0.25) is 0 Å². The van der Waals surface area contributed by atoms with Gasteiger partial charge >= 0.3 is 0 Å². The van der Waals surface area contributed by atoms with Gasteiger partial charge in [0.1, 0.15) is 0 Å². The van der Waals surface area contributed by atoms with Gasteiger partial charge in [-0.1, -0.05) is 40.9 Å². The minimum atomic E-state index is 0.333. The van der Waals surface area contributed by atoms with Gasteiger partial charge in [-0.25, -0.2) is 0 Å². The highest BCUT2D eigenvalue weighted by Crippen LogP contribution is 2.33. The van der Waals surface area contributed by atoms with Crippen molar-refractivity contribution in [2.75, 3.05) is 0 Å². The minimum absolute atomic E-state index is 0.333. The fraction of sp³-hybridized carbons (Fsp3) is 0.538. The highest BCUT2D eigenvalue weighted by atomic mass is 79.9. The van der Waals surface area contributed by atoms with E-state index >= 15 is 0 Å². The molecule has 1 aliphatic rings. The molecule has 2 heteroatoms. The predicted octanol–water partition coefficient (Wildman–Crippen LogP) is 3.51. The van der Waals surface area contributed by atoms with Crippen LogP contribution in [0.15, 0.2) is 28.7 Å². The van der Waals surface area contributed by atoms with Crippen molar-refractivity contribution in [2.24, 2.45) is 11.7 Å². The second-order valence-electron chi connectivity index (χ2n) is 4.61. The fourth-order valence-electron chi connectivity index (χ4n) is 1.93. The van der Waals surface area contributed by atoms with E-state index in [1.165, 1.54) is 31.2 Å². The monoisotopic (exact) mass is 267 g/mol. The first-order valence-corrected chi connectivity index (χ1v) is 6.53. The molecule has 0 spiro atoms. The summed E-state index contributed by atoms with van der Waals surface area (Å²) in [5, 5.41) is 0. The molecule has 0 amide bonds. The number of nitrogens with two attached hydrogens (primary N) is 1. The first-order valence-electron chi connectivity index (χ1n) is 5.74. The zero-order valence-corrected chi connectivity index (χ0v) is 10.5. The van der Waals surface area contributed by atoms with Crippen molar-refractivity contribution < 1.29 is 0 Å². The molecule has 1 nitrogen and oxygen atoms in total. The lowest BCUT2D eigenvalue weighted by Crippen LogP contribution is -2.22. The van der Waals surface area contributed by atoms with Crippen LogP contribution in [-0.4, -0.2) is 6.04 Å². The largest absolute Gasteiger partial charge is 0.327 e. The molecule has 0 heterocycles. The Bertz CT molecular complexity index is 320. The highest BCUT2D eigenvalue weighted by Gasteiger charge is 2.21. The van der Waals surface area contributed by atoms with E-state index in [-0.39, 0.29) is 0 Å². The van der Waals surface area contributed by atoms with Crippen LogP contribution in [0.5, 0.6) is 0 Å². The van der Waals surface area contributed by atoms with Crippen LogP contribution in [0.4, 0.5) is 0 Å². The van der Waals surface area contributed by atoms with Crippen molar-refractivity contribution in [2.45, 2.75) is 38.1 Å². The van der Waals surface area contributed by atoms with E-state index in [9.17, 15) is 0 Å². The molecule has 1 aromatic rings. The molecule has 1 aliphatic carbocycles. The lowest BCUT2D eigenvalue weighted by Gasteiger charge is -2.11. The summed E-state index contributed by atoms with van der Waals surface area (Å²) in [7, 11) is 0. The molecule has 0 bridgehead atoms. The van der Waals surface area contributed by atoms with Gasteiger partial charge in [-0.3, -0.25) is 0 Å². The molecule has 1 unspecified atom stereocenters. The number of rotatable bonds is 5. The number of hydrogen-bond acceptors (Lipinski definition) is 1. The minimum Gasteiger partial charge on any atom is -0.327 e. The molecule has 82 valence electrons. The van der Waals surface area contributed by atoms with E-state index in [1.54, 1.807) is 0 Å². The summed E-state index contributed by atoms with van der Waals surface area (Å²) in [6.45, 7) is 0. The van der Waals surface area contributed by atoms with Gasteiger partial charge in [0.05, 0.1) is 0 Å². The fourth-order valence-corrected chi connectivity index (χ4v) is 2.37. The van der Waals surface area contributed by atoms with Crippen LogP contribution in [-0.2, 0) is 6.42 Å². The van der Waals surface area contributed by atoms with Crippen LogP contribution in [0.2, 0.25) is 0 Å². The standard InChI is InChI=1S/C13H18BrN/c14-12-3-1-2-11(8-12)9-13(15)7-6-10-4-5-10/h1-3,8,10,13H,4-7,9,15H2. The number of benzene rings is 1. The number of halogens is 1. The SMILES string of the molecule is NC(CCC1CC1)Cc1cccc(Br)c1. The lowest BCUT2D eigenvalue weighted by atomic mass is 10.0. The van der Waals surface area contributed by atoms with E-state index in [0.29, 0.717) is 6.04 Å². The Morgan fingerprint density at radius 1 is 1.40 bits per heavy atom. The van der Waals surface area contributed by atoms with Crippen LogP contribution < -0.4 is 5.73 Å². The van der Waals surface area contributed by atoms with Gasteiger partial charge in [-0.2, -0.15) is 0 Å². The van der Waals surface area contributed by atoms with Gasteiger partial charge in [0, 0.05) is 10.5 Å². The van der Waals surface area contributed by atoms with Crippen LogP contribution >= 0.6 is 15.9 Å². The molecule has 1 aromatic carbocycles. The Morgan fingerprint density at radius 2 is 2.20 bits per heavy atom. The molecule has 0 aromatic heterocycles. The first kappa shape index (κ1) is 11.2. The Kier molecular flexibility index (Phi) is 3.81. The van der Waals surface area contributed by atoms with Crippen LogP contribution in [0, 0.1) is 5.92 Å². The van der Waals surface area contributed by atoms with Crippen LogP contribution in [0.25, 0.3) is 0 Å².